The summed E-state index contributed by atoms with van der Waals surface area (Å²) in [5.74, 6) is 0. The third-order valence-corrected chi connectivity index (χ3v) is 4.57. The van der Waals surface area contributed by atoms with Crippen molar-refractivity contribution in [2.75, 3.05) is 7.05 Å². The fourth-order valence-electron chi connectivity index (χ4n) is 1.85. The number of hydrogen-bond acceptors (Lipinski definition) is 3. The first-order valence-corrected chi connectivity index (χ1v) is 7.25. The highest BCUT2D eigenvalue weighted by Gasteiger charge is 2.11. The minimum absolute atomic E-state index is 0.423. The predicted molar refractivity (Wildman–Crippen MR) is 75.3 cm³/mol. The Hall–Kier alpha value is -0.650. The van der Waals surface area contributed by atoms with Gasteiger partial charge in [-0.2, -0.15) is 5.10 Å². The summed E-state index contributed by atoms with van der Waals surface area (Å²) in [6.07, 6.45) is 6.16. The minimum Gasteiger partial charge on any atom is -0.312 e. The van der Waals surface area contributed by atoms with E-state index in [1.54, 1.807) is 11.3 Å². The van der Waals surface area contributed by atoms with Crippen molar-refractivity contribution in [3.8, 4) is 0 Å². The molecule has 1 N–H and O–H groups in total. The monoisotopic (exact) mass is 313 g/mol. The summed E-state index contributed by atoms with van der Waals surface area (Å²) in [7, 11) is 3.97. The van der Waals surface area contributed by atoms with E-state index < -0.39 is 0 Å². The Balaban J connectivity index is 1.96. The quantitative estimate of drug-likeness (QED) is 0.919. The van der Waals surface area contributed by atoms with Gasteiger partial charge < -0.3 is 5.32 Å². The normalized spacial score (nSPS) is 12.9. The summed E-state index contributed by atoms with van der Waals surface area (Å²) in [4.78, 5) is 1.38. The summed E-state index contributed by atoms with van der Waals surface area (Å²) in [6.45, 7) is 0. The zero-order valence-corrected chi connectivity index (χ0v) is 12.4. The first-order valence-electron chi connectivity index (χ1n) is 5.57. The van der Waals surface area contributed by atoms with Crippen molar-refractivity contribution < 1.29 is 0 Å². The second-order valence-corrected chi connectivity index (χ2v) is 5.93. The Labute approximate surface area is 114 Å². The molecule has 1 unspecified atom stereocenters. The van der Waals surface area contributed by atoms with Crippen LogP contribution in [0.5, 0.6) is 0 Å². The van der Waals surface area contributed by atoms with Gasteiger partial charge in [0.2, 0.25) is 0 Å². The molecule has 0 spiro atoms. The highest BCUT2D eigenvalue weighted by atomic mass is 79.9. The molecule has 0 bridgehead atoms. The molecule has 1 atom stereocenters. The molecule has 3 nitrogen and oxygen atoms in total. The highest BCUT2D eigenvalue weighted by molar-refractivity contribution is 9.10. The van der Waals surface area contributed by atoms with Crippen LogP contribution in [-0.2, 0) is 13.5 Å². The summed E-state index contributed by atoms with van der Waals surface area (Å²) in [6, 6.07) is 2.61. The van der Waals surface area contributed by atoms with E-state index in [4.69, 9.17) is 0 Å². The van der Waals surface area contributed by atoms with Crippen LogP contribution >= 0.6 is 27.3 Å². The van der Waals surface area contributed by atoms with Crippen molar-refractivity contribution in [3.63, 3.8) is 0 Å². The molecular formula is C12H16BrN3S. The van der Waals surface area contributed by atoms with Crippen LogP contribution in [0, 0.1) is 0 Å². The number of aromatic nitrogens is 2. The van der Waals surface area contributed by atoms with Crippen LogP contribution < -0.4 is 5.32 Å². The van der Waals surface area contributed by atoms with Gasteiger partial charge >= 0.3 is 0 Å². The maximum Gasteiger partial charge on any atom is 0.0521 e. The fraction of sp³-hybridized carbons (Fsp3) is 0.417. The van der Waals surface area contributed by atoms with Gasteiger partial charge in [-0.15, -0.1) is 11.3 Å². The van der Waals surface area contributed by atoms with Crippen LogP contribution in [0.25, 0.3) is 0 Å². The fourth-order valence-corrected chi connectivity index (χ4v) is 3.44. The number of aryl methyl sites for hydroxylation is 2. The van der Waals surface area contributed by atoms with Gasteiger partial charge in [-0.25, -0.2) is 0 Å². The lowest BCUT2D eigenvalue weighted by atomic mass is 10.1. The van der Waals surface area contributed by atoms with E-state index in [0.717, 1.165) is 12.8 Å². The topological polar surface area (TPSA) is 29.9 Å². The number of hydrogen-bond donors (Lipinski definition) is 1. The molecule has 17 heavy (non-hydrogen) atoms. The molecule has 2 aromatic rings. The molecular weight excluding hydrogens is 298 g/mol. The molecule has 0 aliphatic carbocycles. The molecule has 0 saturated heterocycles. The first kappa shape index (κ1) is 12.8. The lowest BCUT2D eigenvalue weighted by Crippen LogP contribution is -2.15. The summed E-state index contributed by atoms with van der Waals surface area (Å²) >= 11 is 5.29. The molecule has 0 aromatic carbocycles. The minimum atomic E-state index is 0.423. The van der Waals surface area contributed by atoms with Crippen LogP contribution in [0.2, 0.25) is 0 Å². The Morgan fingerprint density at radius 2 is 2.41 bits per heavy atom. The second kappa shape index (κ2) is 5.80. The molecule has 0 saturated carbocycles. The van der Waals surface area contributed by atoms with Gasteiger partial charge in [0.25, 0.3) is 0 Å². The number of thiophene rings is 1. The summed E-state index contributed by atoms with van der Waals surface area (Å²) in [5.41, 5.74) is 1.29. The predicted octanol–water partition coefficient (Wildman–Crippen LogP) is 3.14. The van der Waals surface area contributed by atoms with Crippen LogP contribution in [0.3, 0.4) is 0 Å². The van der Waals surface area contributed by atoms with Crippen molar-refractivity contribution in [2.24, 2.45) is 7.05 Å². The Morgan fingerprint density at radius 1 is 1.59 bits per heavy atom. The van der Waals surface area contributed by atoms with Gasteiger partial charge in [0.15, 0.2) is 0 Å². The number of halogens is 1. The maximum absolute atomic E-state index is 4.19. The smallest absolute Gasteiger partial charge is 0.0521 e. The van der Waals surface area contributed by atoms with Crippen LogP contribution in [0.4, 0.5) is 0 Å². The standard InChI is InChI=1S/C12H16BrN3S/c1-14-11(12-5-10(13)8-17-12)4-3-9-6-15-16(2)7-9/h5-8,11,14H,3-4H2,1-2H3. The van der Waals surface area contributed by atoms with E-state index in [1.165, 1.54) is 14.9 Å². The van der Waals surface area contributed by atoms with Crippen molar-refractivity contribution in [3.05, 3.63) is 38.8 Å². The molecule has 2 aromatic heterocycles. The summed E-state index contributed by atoms with van der Waals surface area (Å²) in [5, 5.41) is 9.69. The van der Waals surface area contributed by atoms with E-state index in [-0.39, 0.29) is 0 Å². The SMILES string of the molecule is CNC(CCc1cnn(C)c1)c1cc(Br)cs1. The molecule has 5 heteroatoms. The highest BCUT2D eigenvalue weighted by Crippen LogP contribution is 2.28. The van der Waals surface area contributed by atoms with Gasteiger partial charge in [-0.1, -0.05) is 0 Å². The van der Waals surface area contributed by atoms with Crippen LogP contribution in [0.1, 0.15) is 22.9 Å². The van der Waals surface area contributed by atoms with Crippen molar-refractivity contribution in [1.29, 1.82) is 0 Å². The Bertz CT molecular complexity index is 478. The van der Waals surface area contributed by atoms with E-state index in [2.05, 4.69) is 44.0 Å². The molecule has 0 amide bonds. The van der Waals surface area contributed by atoms with Gasteiger partial charge in [-0.05, 0) is 47.4 Å². The van der Waals surface area contributed by atoms with Gasteiger partial charge in [0.1, 0.15) is 0 Å². The molecule has 0 aliphatic heterocycles. The zero-order chi connectivity index (χ0) is 12.3. The van der Waals surface area contributed by atoms with Crippen molar-refractivity contribution in [1.82, 2.24) is 15.1 Å². The summed E-state index contributed by atoms with van der Waals surface area (Å²) < 4.78 is 3.02. The third-order valence-electron chi connectivity index (χ3n) is 2.76. The average molecular weight is 314 g/mol. The third kappa shape index (κ3) is 3.40. The average Bonchev–Trinajstić information content (AvgIpc) is 2.89. The molecule has 0 aliphatic rings. The van der Waals surface area contributed by atoms with Gasteiger partial charge in [0.05, 0.1) is 6.20 Å². The number of rotatable bonds is 5. The van der Waals surface area contributed by atoms with Crippen LogP contribution in [0.15, 0.2) is 28.3 Å². The Kier molecular flexibility index (Phi) is 4.36. The van der Waals surface area contributed by atoms with E-state index in [1.807, 2.05) is 25.0 Å². The maximum atomic E-state index is 4.19. The number of nitrogens with one attached hydrogen (secondary N) is 1. The number of nitrogens with zero attached hydrogens (tertiary/aromatic N) is 2. The van der Waals surface area contributed by atoms with E-state index >= 15 is 0 Å². The van der Waals surface area contributed by atoms with Gasteiger partial charge in [-0.3, -0.25) is 4.68 Å². The Morgan fingerprint density at radius 3 is 2.94 bits per heavy atom. The molecule has 92 valence electrons. The van der Waals surface area contributed by atoms with Crippen molar-refractivity contribution in [2.45, 2.75) is 18.9 Å². The molecule has 2 heterocycles. The van der Waals surface area contributed by atoms with Crippen molar-refractivity contribution >= 4 is 27.3 Å². The largest absolute Gasteiger partial charge is 0.312 e. The molecule has 0 radical (unpaired) electrons. The van der Waals surface area contributed by atoms with E-state index in [0.29, 0.717) is 6.04 Å². The lowest BCUT2D eigenvalue weighted by molar-refractivity contribution is 0.557. The van der Waals surface area contributed by atoms with Crippen LogP contribution in [-0.4, -0.2) is 16.8 Å². The van der Waals surface area contributed by atoms with Gasteiger partial charge in [0, 0.05) is 34.0 Å². The molecule has 0 fully saturated rings. The zero-order valence-electron chi connectivity index (χ0n) is 9.98. The lowest BCUT2D eigenvalue weighted by Gasteiger charge is -2.13. The second-order valence-electron chi connectivity index (χ2n) is 4.07. The van der Waals surface area contributed by atoms with E-state index in [9.17, 15) is 0 Å². The molecule has 2 rings (SSSR count). The first-order chi connectivity index (χ1) is 8.19.